The van der Waals surface area contributed by atoms with Gasteiger partial charge in [0.1, 0.15) is 0 Å². The van der Waals surface area contributed by atoms with Crippen LogP contribution in [0.5, 0.6) is 0 Å². The minimum absolute atomic E-state index is 0.357. The van der Waals surface area contributed by atoms with Gasteiger partial charge in [-0.2, -0.15) is 5.10 Å². The van der Waals surface area contributed by atoms with E-state index in [1.54, 1.807) is 6.07 Å². The summed E-state index contributed by atoms with van der Waals surface area (Å²) in [5.74, 6) is -0.357. The Morgan fingerprint density at radius 3 is 2.59 bits per heavy atom. The summed E-state index contributed by atoms with van der Waals surface area (Å²) in [6, 6.07) is 15.4. The number of benzene rings is 2. The molecule has 6 nitrogen and oxygen atoms in total. The Morgan fingerprint density at radius 1 is 1.10 bits per heavy atom. The number of anilines is 2. The normalized spacial score (nSPS) is 10.5. The fraction of sp³-hybridized carbons (Fsp3) is 0.227. The van der Waals surface area contributed by atoms with E-state index in [2.05, 4.69) is 15.7 Å². The number of methoxy groups -OCH3 is 1. The van der Waals surface area contributed by atoms with Crippen molar-refractivity contribution < 1.29 is 9.53 Å². The molecule has 0 saturated heterocycles. The van der Waals surface area contributed by atoms with Crippen molar-refractivity contribution in [2.45, 2.75) is 27.3 Å². The van der Waals surface area contributed by atoms with Crippen LogP contribution in [0.3, 0.4) is 0 Å². The smallest absolute Gasteiger partial charge is 0.338 e. The first-order valence-corrected chi connectivity index (χ1v) is 9.64. The summed E-state index contributed by atoms with van der Waals surface area (Å²) in [6.07, 6.45) is 0. The third kappa shape index (κ3) is 4.81. The van der Waals surface area contributed by atoms with Gasteiger partial charge in [0.05, 0.1) is 36.3 Å². The number of esters is 1. The highest BCUT2D eigenvalue weighted by Crippen LogP contribution is 2.22. The van der Waals surface area contributed by atoms with E-state index in [9.17, 15) is 4.79 Å². The maximum Gasteiger partial charge on any atom is 0.338 e. The monoisotopic (exact) mass is 408 g/mol. The Hall–Kier alpha value is -3.19. The molecular formula is C22H24N4O2S. The molecule has 0 radical (unpaired) electrons. The predicted octanol–water partition coefficient (Wildman–Crippen LogP) is 4.45. The summed E-state index contributed by atoms with van der Waals surface area (Å²) in [6.45, 7) is 6.38. The lowest BCUT2D eigenvalue weighted by atomic mass is 10.1. The maximum absolute atomic E-state index is 12.0. The van der Waals surface area contributed by atoms with E-state index in [4.69, 9.17) is 17.0 Å². The molecule has 0 aliphatic rings. The highest BCUT2D eigenvalue weighted by atomic mass is 32.1. The van der Waals surface area contributed by atoms with E-state index in [-0.39, 0.29) is 5.97 Å². The van der Waals surface area contributed by atoms with Crippen molar-refractivity contribution in [2.75, 3.05) is 17.7 Å². The van der Waals surface area contributed by atoms with Gasteiger partial charge in [-0.3, -0.25) is 4.68 Å². The Labute approximate surface area is 175 Å². The third-order valence-corrected chi connectivity index (χ3v) is 4.84. The molecule has 3 rings (SSSR count). The molecule has 0 bridgehead atoms. The predicted molar refractivity (Wildman–Crippen MR) is 120 cm³/mol. The van der Waals surface area contributed by atoms with Gasteiger partial charge >= 0.3 is 5.97 Å². The van der Waals surface area contributed by atoms with E-state index < -0.39 is 0 Å². The number of hydrogen-bond donors (Lipinski definition) is 2. The van der Waals surface area contributed by atoms with Crippen molar-refractivity contribution in [1.82, 2.24) is 9.78 Å². The van der Waals surface area contributed by atoms with E-state index in [0.29, 0.717) is 17.2 Å². The zero-order valence-corrected chi connectivity index (χ0v) is 17.8. The summed E-state index contributed by atoms with van der Waals surface area (Å²) >= 11 is 5.47. The zero-order valence-electron chi connectivity index (χ0n) is 16.9. The van der Waals surface area contributed by atoms with E-state index in [0.717, 1.165) is 33.9 Å². The fourth-order valence-electron chi connectivity index (χ4n) is 3.16. The molecule has 2 N–H and O–H groups in total. The summed E-state index contributed by atoms with van der Waals surface area (Å²) in [5, 5.41) is 11.6. The number of aromatic nitrogens is 2. The zero-order chi connectivity index (χ0) is 21.0. The number of ether oxygens (including phenoxy) is 1. The molecule has 3 aromatic rings. The van der Waals surface area contributed by atoms with Crippen molar-refractivity contribution in [3.63, 3.8) is 0 Å². The van der Waals surface area contributed by atoms with Crippen molar-refractivity contribution in [2.24, 2.45) is 0 Å². The fourth-order valence-corrected chi connectivity index (χ4v) is 3.38. The van der Waals surface area contributed by atoms with Crippen LogP contribution in [0.15, 0.2) is 48.5 Å². The van der Waals surface area contributed by atoms with Gasteiger partial charge in [0.2, 0.25) is 0 Å². The second-order valence-corrected chi connectivity index (χ2v) is 7.21. The Bertz CT molecular complexity index is 1060. The minimum atomic E-state index is -0.357. The average molecular weight is 409 g/mol. The largest absolute Gasteiger partial charge is 0.465 e. The van der Waals surface area contributed by atoms with E-state index in [1.165, 1.54) is 7.11 Å². The van der Waals surface area contributed by atoms with Crippen LogP contribution in [0.4, 0.5) is 11.4 Å². The van der Waals surface area contributed by atoms with Crippen LogP contribution in [-0.4, -0.2) is 28.0 Å². The number of nitrogens with one attached hydrogen (secondary N) is 2. The first-order chi connectivity index (χ1) is 13.9. The SMILES string of the molecule is COC(=O)c1ccccc1Cn1nc(C)c(NC(=S)Nc2cccc(C)c2)c1C. The molecule has 0 spiro atoms. The van der Waals surface area contributed by atoms with Gasteiger partial charge in [-0.1, -0.05) is 30.3 Å². The molecule has 0 saturated carbocycles. The van der Waals surface area contributed by atoms with Gasteiger partial charge in [0.25, 0.3) is 0 Å². The molecule has 0 fully saturated rings. The Kier molecular flexibility index (Phi) is 6.29. The number of hydrogen-bond acceptors (Lipinski definition) is 4. The highest BCUT2D eigenvalue weighted by molar-refractivity contribution is 7.80. The Balaban J connectivity index is 1.79. The number of carbonyl (C=O) groups is 1. The first kappa shape index (κ1) is 20.5. The van der Waals surface area contributed by atoms with Crippen molar-refractivity contribution in [3.05, 3.63) is 76.6 Å². The molecule has 29 heavy (non-hydrogen) atoms. The van der Waals surface area contributed by atoms with Crippen LogP contribution >= 0.6 is 12.2 Å². The highest BCUT2D eigenvalue weighted by Gasteiger charge is 2.16. The molecule has 7 heteroatoms. The topological polar surface area (TPSA) is 68.2 Å². The molecule has 0 amide bonds. The van der Waals surface area contributed by atoms with Gasteiger partial charge in [-0.15, -0.1) is 0 Å². The van der Waals surface area contributed by atoms with Gasteiger partial charge in [0.15, 0.2) is 5.11 Å². The molecule has 0 atom stereocenters. The molecule has 2 aromatic carbocycles. The first-order valence-electron chi connectivity index (χ1n) is 9.24. The number of aryl methyl sites for hydroxylation is 2. The molecule has 0 aliphatic heterocycles. The number of carbonyl (C=O) groups excluding carboxylic acids is 1. The summed E-state index contributed by atoms with van der Waals surface area (Å²) < 4.78 is 6.74. The van der Waals surface area contributed by atoms with E-state index in [1.807, 2.05) is 67.9 Å². The van der Waals surface area contributed by atoms with Gasteiger partial charge in [-0.05, 0) is 62.3 Å². The maximum atomic E-state index is 12.0. The van der Waals surface area contributed by atoms with Crippen LogP contribution < -0.4 is 10.6 Å². The quantitative estimate of drug-likeness (QED) is 0.480. The number of thiocarbonyl (C=S) groups is 1. The van der Waals surface area contributed by atoms with Crippen LogP contribution in [0, 0.1) is 20.8 Å². The molecule has 1 aromatic heterocycles. The summed E-state index contributed by atoms with van der Waals surface area (Å²) in [7, 11) is 1.38. The molecule has 1 heterocycles. The van der Waals surface area contributed by atoms with Gasteiger partial charge in [-0.25, -0.2) is 4.79 Å². The van der Waals surface area contributed by atoms with Crippen LogP contribution in [0.25, 0.3) is 0 Å². The average Bonchev–Trinajstić information content (AvgIpc) is 2.95. The molecule has 0 aliphatic carbocycles. The molecular weight excluding hydrogens is 384 g/mol. The summed E-state index contributed by atoms with van der Waals surface area (Å²) in [4.78, 5) is 12.0. The standard InChI is InChI=1S/C22H24N4O2S/c1-14-8-7-10-18(12-14)23-22(29)24-20-15(2)25-26(16(20)3)13-17-9-5-6-11-19(17)21(27)28-4/h5-12H,13H2,1-4H3,(H2,23,24,29). The molecule has 0 unspecified atom stereocenters. The van der Waals surface area contributed by atoms with Crippen molar-refractivity contribution >= 4 is 34.7 Å². The summed E-state index contributed by atoms with van der Waals surface area (Å²) in [5.41, 5.74) is 6.07. The van der Waals surface area contributed by atoms with Crippen LogP contribution in [-0.2, 0) is 11.3 Å². The van der Waals surface area contributed by atoms with Gasteiger partial charge < -0.3 is 15.4 Å². The van der Waals surface area contributed by atoms with Crippen LogP contribution in [0.1, 0.15) is 32.9 Å². The lowest BCUT2D eigenvalue weighted by Gasteiger charge is -2.12. The molecule has 150 valence electrons. The van der Waals surface area contributed by atoms with Crippen molar-refractivity contribution in [1.29, 1.82) is 0 Å². The number of nitrogens with zero attached hydrogens (tertiary/aromatic N) is 2. The van der Waals surface area contributed by atoms with Gasteiger partial charge in [0, 0.05) is 5.69 Å². The third-order valence-electron chi connectivity index (χ3n) is 4.64. The lowest BCUT2D eigenvalue weighted by Crippen LogP contribution is -2.20. The Morgan fingerprint density at radius 2 is 1.86 bits per heavy atom. The lowest BCUT2D eigenvalue weighted by molar-refractivity contribution is 0.0599. The minimum Gasteiger partial charge on any atom is -0.465 e. The van der Waals surface area contributed by atoms with Crippen LogP contribution in [0.2, 0.25) is 0 Å². The second kappa shape index (κ2) is 8.87. The van der Waals surface area contributed by atoms with Crippen molar-refractivity contribution in [3.8, 4) is 0 Å². The van der Waals surface area contributed by atoms with E-state index >= 15 is 0 Å². The second-order valence-electron chi connectivity index (χ2n) is 6.80. The number of rotatable bonds is 5.